The van der Waals surface area contributed by atoms with E-state index in [1.165, 1.54) is 37.7 Å². The van der Waals surface area contributed by atoms with Gasteiger partial charge in [0.25, 0.3) is 5.91 Å². The van der Waals surface area contributed by atoms with Crippen LogP contribution in [0, 0.1) is 23.1 Å². The Labute approximate surface area is 232 Å². The van der Waals surface area contributed by atoms with Crippen molar-refractivity contribution in [2.24, 2.45) is 18.7 Å². The van der Waals surface area contributed by atoms with Gasteiger partial charge in [-0.15, -0.1) is 0 Å². The number of nitriles is 1. The van der Waals surface area contributed by atoms with Crippen molar-refractivity contribution in [2.75, 3.05) is 7.11 Å². The van der Waals surface area contributed by atoms with Crippen molar-refractivity contribution in [3.05, 3.63) is 89.4 Å². The minimum absolute atomic E-state index is 0.0317. The van der Waals surface area contributed by atoms with Crippen LogP contribution in [-0.2, 0) is 7.05 Å². The van der Waals surface area contributed by atoms with Crippen LogP contribution >= 0.6 is 0 Å². The molecule has 1 aliphatic rings. The molecule has 1 aliphatic carbocycles. The van der Waals surface area contributed by atoms with Crippen molar-refractivity contribution >= 4 is 11.5 Å². The highest BCUT2D eigenvalue weighted by atomic mass is 19.1. The third kappa shape index (κ3) is 6.16. The number of nitrogens with two attached hydrogens (primary N) is 1. The smallest absolute Gasteiger partial charge is 0.274 e. The van der Waals surface area contributed by atoms with Crippen LogP contribution in [0.2, 0.25) is 0 Å². The van der Waals surface area contributed by atoms with E-state index in [2.05, 4.69) is 33.0 Å². The number of nitrogens with zero attached hydrogens (tertiary/aromatic N) is 5. The van der Waals surface area contributed by atoms with Crippen LogP contribution < -0.4 is 15.8 Å². The predicted molar refractivity (Wildman–Crippen MR) is 150 cm³/mol. The van der Waals surface area contributed by atoms with Gasteiger partial charge in [-0.05, 0) is 73.9 Å². The summed E-state index contributed by atoms with van der Waals surface area (Å²) in [7, 11) is 3.19. The van der Waals surface area contributed by atoms with Gasteiger partial charge in [0.15, 0.2) is 5.82 Å². The SMILES string of the molecule is C=C(/C(=C\C=C(/C)c1c(C#N)cnn1C)NC(=O)c1ccnc(-c2c(F)cccc2OC)n1)[C@H]1CC[C@@H](N)CC1. The van der Waals surface area contributed by atoms with E-state index < -0.39 is 11.7 Å². The fraction of sp³-hybridized carbons (Fsp3) is 0.300. The molecule has 0 bridgehead atoms. The Morgan fingerprint density at radius 2 is 2.02 bits per heavy atom. The zero-order valence-electron chi connectivity index (χ0n) is 22.8. The molecule has 3 N–H and O–H groups in total. The molecule has 3 aromatic rings. The van der Waals surface area contributed by atoms with E-state index in [1.54, 1.807) is 23.9 Å². The molecule has 1 fully saturated rings. The molecule has 0 spiro atoms. The Morgan fingerprint density at radius 3 is 2.73 bits per heavy atom. The second kappa shape index (κ2) is 12.5. The number of ether oxygens (including phenoxy) is 1. The van der Waals surface area contributed by atoms with Gasteiger partial charge in [-0.2, -0.15) is 10.4 Å². The highest BCUT2D eigenvalue weighted by Crippen LogP contribution is 2.32. The molecule has 1 aromatic carbocycles. The Bertz CT molecular complexity index is 1520. The molecule has 0 saturated heterocycles. The maximum Gasteiger partial charge on any atom is 0.274 e. The second-order valence-electron chi connectivity index (χ2n) is 9.75. The summed E-state index contributed by atoms with van der Waals surface area (Å²) in [6, 6.07) is 8.18. The van der Waals surface area contributed by atoms with E-state index in [0.29, 0.717) is 17.0 Å². The van der Waals surface area contributed by atoms with Gasteiger partial charge in [0, 0.05) is 25.0 Å². The second-order valence-corrected chi connectivity index (χ2v) is 9.75. The Kier molecular flexibility index (Phi) is 8.86. The summed E-state index contributed by atoms with van der Waals surface area (Å²) in [4.78, 5) is 21.9. The fourth-order valence-corrected chi connectivity index (χ4v) is 4.87. The molecule has 0 radical (unpaired) electrons. The Balaban J connectivity index is 1.67. The van der Waals surface area contributed by atoms with Crippen LogP contribution in [0.1, 0.15) is 54.4 Å². The molecule has 2 aromatic heterocycles. The van der Waals surface area contributed by atoms with E-state index in [0.717, 1.165) is 36.8 Å². The predicted octanol–water partition coefficient (Wildman–Crippen LogP) is 4.69. The van der Waals surface area contributed by atoms with Gasteiger partial charge in [0.1, 0.15) is 23.3 Å². The van der Waals surface area contributed by atoms with E-state index in [1.807, 2.05) is 13.0 Å². The van der Waals surface area contributed by atoms with Crippen LogP contribution in [0.5, 0.6) is 5.75 Å². The number of halogens is 1. The molecular formula is C30H32FN7O2. The molecule has 9 nitrogen and oxygen atoms in total. The van der Waals surface area contributed by atoms with Gasteiger partial charge in [0.05, 0.1) is 30.1 Å². The van der Waals surface area contributed by atoms with Gasteiger partial charge in [-0.1, -0.05) is 18.7 Å². The first kappa shape index (κ1) is 28.4. The topological polar surface area (TPSA) is 132 Å². The summed E-state index contributed by atoms with van der Waals surface area (Å²) in [6.07, 6.45) is 9.99. The summed E-state index contributed by atoms with van der Waals surface area (Å²) in [6.45, 7) is 6.19. The summed E-state index contributed by atoms with van der Waals surface area (Å²) >= 11 is 0. The number of carbonyl (C=O) groups excluding carboxylic acids is 1. The van der Waals surface area contributed by atoms with Gasteiger partial charge in [-0.3, -0.25) is 9.48 Å². The van der Waals surface area contributed by atoms with Gasteiger partial charge in [-0.25, -0.2) is 14.4 Å². The molecule has 10 heteroatoms. The van der Waals surface area contributed by atoms with E-state index in [-0.39, 0.29) is 34.8 Å². The number of allylic oxidation sites excluding steroid dienone is 4. The molecule has 4 rings (SSSR count). The summed E-state index contributed by atoms with van der Waals surface area (Å²) < 4.78 is 21.6. The Morgan fingerprint density at radius 1 is 1.27 bits per heavy atom. The van der Waals surface area contributed by atoms with Crippen LogP contribution in [0.3, 0.4) is 0 Å². The third-order valence-corrected chi connectivity index (χ3v) is 7.10. The number of aromatic nitrogens is 4. The Hall–Kier alpha value is -4.62. The first-order chi connectivity index (χ1) is 19.2. The number of hydrogen-bond donors (Lipinski definition) is 2. The van der Waals surface area contributed by atoms with Crippen LogP contribution in [-0.4, -0.2) is 38.8 Å². The normalized spacial score (nSPS) is 17.7. The molecule has 1 saturated carbocycles. The molecule has 0 unspecified atom stereocenters. The van der Waals surface area contributed by atoms with Gasteiger partial charge >= 0.3 is 0 Å². The molecule has 0 atom stereocenters. The number of aryl methyl sites for hydroxylation is 1. The number of rotatable bonds is 8. The van der Waals surface area contributed by atoms with E-state index in [9.17, 15) is 14.4 Å². The van der Waals surface area contributed by atoms with Crippen molar-refractivity contribution in [1.29, 1.82) is 5.26 Å². The van der Waals surface area contributed by atoms with Crippen molar-refractivity contribution < 1.29 is 13.9 Å². The quantitative estimate of drug-likeness (QED) is 0.396. The molecule has 1 amide bonds. The molecule has 0 aliphatic heterocycles. The summed E-state index contributed by atoms with van der Waals surface area (Å²) in [5.41, 5.74) is 9.45. The van der Waals surface area contributed by atoms with Crippen molar-refractivity contribution in [2.45, 2.75) is 38.6 Å². The van der Waals surface area contributed by atoms with Crippen LogP contribution in [0.25, 0.3) is 17.0 Å². The zero-order chi connectivity index (χ0) is 28.8. The average molecular weight is 542 g/mol. The van der Waals surface area contributed by atoms with Crippen molar-refractivity contribution in [3.63, 3.8) is 0 Å². The molecule has 2 heterocycles. The summed E-state index contributed by atoms with van der Waals surface area (Å²) in [5, 5.41) is 16.6. The number of amides is 1. The van der Waals surface area contributed by atoms with Crippen molar-refractivity contribution in [1.82, 2.24) is 25.1 Å². The number of carbonyl (C=O) groups is 1. The number of nitrogens with one attached hydrogen (secondary N) is 1. The minimum atomic E-state index is -0.561. The lowest BCUT2D eigenvalue weighted by Gasteiger charge is -2.28. The van der Waals surface area contributed by atoms with Crippen molar-refractivity contribution in [3.8, 4) is 23.2 Å². The standard InChI is InChI=1S/C30H32FN7O2/c1-18(28-21(16-32)17-35-38(28)3)8-13-24(19(2)20-9-11-22(33)12-10-20)37-30(39)25-14-15-34-29(36-25)27-23(31)6-5-7-26(27)40-4/h5-8,13-15,17,20,22H,2,9-12,33H2,1,3-4H3,(H,37,39)/b18-8+,24-13+/t20-,22+. The lowest BCUT2D eigenvalue weighted by atomic mass is 9.81. The number of methoxy groups -OCH3 is 1. The minimum Gasteiger partial charge on any atom is -0.496 e. The summed E-state index contributed by atoms with van der Waals surface area (Å²) in [5.74, 6) is -0.620. The maximum atomic E-state index is 14.7. The molecule has 206 valence electrons. The highest BCUT2D eigenvalue weighted by molar-refractivity contribution is 5.94. The molecular weight excluding hydrogens is 509 g/mol. The number of benzene rings is 1. The monoisotopic (exact) mass is 541 g/mol. The third-order valence-electron chi connectivity index (χ3n) is 7.10. The van der Waals surface area contributed by atoms with Crippen LogP contribution in [0.15, 0.2) is 66.7 Å². The number of hydrogen-bond acceptors (Lipinski definition) is 7. The largest absolute Gasteiger partial charge is 0.496 e. The van der Waals surface area contributed by atoms with E-state index in [4.69, 9.17) is 10.5 Å². The van der Waals surface area contributed by atoms with Crippen LogP contribution in [0.4, 0.5) is 4.39 Å². The first-order valence-electron chi connectivity index (χ1n) is 13.0. The van der Waals surface area contributed by atoms with Gasteiger partial charge in [0.2, 0.25) is 0 Å². The average Bonchev–Trinajstić information content (AvgIpc) is 3.35. The van der Waals surface area contributed by atoms with Gasteiger partial charge < -0.3 is 15.8 Å². The lowest BCUT2D eigenvalue weighted by Crippen LogP contribution is -2.30. The first-order valence-corrected chi connectivity index (χ1v) is 13.0. The maximum absolute atomic E-state index is 14.7. The fourth-order valence-electron chi connectivity index (χ4n) is 4.87. The lowest BCUT2D eigenvalue weighted by molar-refractivity contribution is 0.0961. The highest BCUT2D eigenvalue weighted by Gasteiger charge is 2.24. The zero-order valence-corrected chi connectivity index (χ0v) is 22.8. The van der Waals surface area contributed by atoms with E-state index >= 15 is 0 Å². The molecule has 40 heavy (non-hydrogen) atoms.